The van der Waals surface area contributed by atoms with Crippen LogP contribution in [0.1, 0.15) is 57.6 Å². The molecule has 5 nitrogen and oxygen atoms in total. The highest BCUT2D eigenvalue weighted by Gasteiger charge is 2.60. The number of halogens is 3. The van der Waals surface area contributed by atoms with E-state index in [-0.39, 0.29) is 17.8 Å². The molecule has 2 aliphatic rings. The molecule has 4 rings (SSSR count). The quantitative estimate of drug-likeness (QED) is 0.244. The van der Waals surface area contributed by atoms with E-state index < -0.39 is 26.5 Å². The average Bonchev–Trinajstić information content (AvgIpc) is 2.86. The highest BCUT2D eigenvalue weighted by atomic mass is 32.2. The minimum Gasteiger partial charge on any atom is -0.380 e. The summed E-state index contributed by atoms with van der Waals surface area (Å²) >= 11 is 0. The summed E-state index contributed by atoms with van der Waals surface area (Å²) < 4.78 is 81.6. The van der Waals surface area contributed by atoms with Gasteiger partial charge in [0, 0.05) is 10.8 Å². The normalized spacial score (nSPS) is 28.2. The summed E-state index contributed by atoms with van der Waals surface area (Å²) in [6.07, 6.45) is 1.82. The van der Waals surface area contributed by atoms with E-state index in [0.29, 0.717) is 51.1 Å². The first kappa shape index (κ1) is 28.6. The molecular weight excluding hydrogens is 517 g/mol. The summed E-state index contributed by atoms with van der Waals surface area (Å²) in [5.74, 6) is -0.302. The van der Waals surface area contributed by atoms with Gasteiger partial charge in [0.2, 0.25) is 0 Å². The maximum atomic E-state index is 13.3. The first-order valence-electron chi connectivity index (χ1n) is 12.8. The van der Waals surface area contributed by atoms with Gasteiger partial charge in [-0.25, -0.2) is 0 Å². The number of hydrogen-bond acceptors (Lipinski definition) is 5. The predicted molar refractivity (Wildman–Crippen MR) is 138 cm³/mol. The van der Waals surface area contributed by atoms with Crippen molar-refractivity contribution < 1.29 is 35.2 Å². The second-order valence-corrected chi connectivity index (χ2v) is 12.4. The number of ether oxygens (including phenoxy) is 2. The molecule has 0 amide bonds. The molecule has 2 aromatic rings. The average molecular weight is 553 g/mol. The standard InChI is InChI=1S/C29H35F3O5S/c1-21-14-15-24-27(2,26(21)37-38(33,34)29(30,31)32)17-16-25(36-19-23-12-8-5-9-13-23)28(24,3)20-35-18-22-10-6-4-7-11-22/h4-13,24-25H,14-20H2,1-3H3/t24-,25+,27+,28+/m1/s1. The summed E-state index contributed by atoms with van der Waals surface area (Å²) in [5, 5.41) is 0. The third-order valence-electron chi connectivity index (χ3n) is 8.24. The van der Waals surface area contributed by atoms with Gasteiger partial charge in [-0.15, -0.1) is 0 Å². The Balaban J connectivity index is 1.63. The molecule has 0 unspecified atom stereocenters. The Morgan fingerprint density at radius 1 is 0.921 bits per heavy atom. The molecule has 0 saturated heterocycles. The van der Waals surface area contributed by atoms with Gasteiger partial charge in [-0.2, -0.15) is 21.6 Å². The van der Waals surface area contributed by atoms with E-state index in [4.69, 9.17) is 13.7 Å². The fourth-order valence-electron chi connectivity index (χ4n) is 6.29. The lowest BCUT2D eigenvalue weighted by Gasteiger charge is -2.57. The second-order valence-electron chi connectivity index (χ2n) is 10.9. The van der Waals surface area contributed by atoms with Gasteiger partial charge >= 0.3 is 15.6 Å². The fraction of sp³-hybridized carbons (Fsp3) is 0.517. The molecular formula is C29H35F3O5S. The molecule has 2 aromatic carbocycles. The van der Waals surface area contributed by atoms with E-state index in [2.05, 4.69) is 0 Å². The Bertz CT molecular complexity index is 1230. The highest BCUT2D eigenvalue weighted by Crippen LogP contribution is 2.61. The number of rotatable bonds is 9. The molecule has 0 aliphatic heterocycles. The van der Waals surface area contributed by atoms with Crippen LogP contribution < -0.4 is 0 Å². The summed E-state index contributed by atoms with van der Waals surface area (Å²) in [6, 6.07) is 19.5. The third kappa shape index (κ3) is 5.80. The Morgan fingerprint density at radius 2 is 1.50 bits per heavy atom. The molecule has 1 fully saturated rings. The molecule has 9 heteroatoms. The van der Waals surface area contributed by atoms with Crippen LogP contribution in [-0.2, 0) is 37.0 Å². The maximum Gasteiger partial charge on any atom is 0.534 e. The molecule has 38 heavy (non-hydrogen) atoms. The van der Waals surface area contributed by atoms with Crippen molar-refractivity contribution in [1.29, 1.82) is 0 Å². The molecule has 0 heterocycles. The maximum absolute atomic E-state index is 13.3. The minimum atomic E-state index is -5.79. The lowest BCUT2D eigenvalue weighted by molar-refractivity contribution is -0.170. The van der Waals surface area contributed by atoms with E-state index in [9.17, 15) is 21.6 Å². The Labute approximate surface area is 223 Å². The molecule has 208 valence electrons. The lowest BCUT2D eigenvalue weighted by Crippen LogP contribution is -2.56. The van der Waals surface area contributed by atoms with Gasteiger partial charge in [0.1, 0.15) is 5.76 Å². The SMILES string of the molecule is CC1=C(OS(=O)(=O)C(F)(F)F)[C@@]2(C)CC[C@H](OCc3ccccc3)[C@@](C)(COCc3ccccc3)[C@@H]2CC1. The largest absolute Gasteiger partial charge is 0.534 e. The van der Waals surface area contributed by atoms with Gasteiger partial charge in [0.25, 0.3) is 0 Å². The van der Waals surface area contributed by atoms with E-state index in [1.807, 2.05) is 74.5 Å². The number of allylic oxidation sites excluding steroid dienone is 2. The van der Waals surface area contributed by atoms with Crippen molar-refractivity contribution in [3.8, 4) is 0 Å². The van der Waals surface area contributed by atoms with Crippen LogP contribution in [0.4, 0.5) is 13.2 Å². The van der Waals surface area contributed by atoms with Crippen LogP contribution in [0.2, 0.25) is 0 Å². The van der Waals surface area contributed by atoms with E-state index in [1.165, 1.54) is 0 Å². The van der Waals surface area contributed by atoms with Crippen LogP contribution in [0.3, 0.4) is 0 Å². The van der Waals surface area contributed by atoms with Crippen LogP contribution in [0.5, 0.6) is 0 Å². The molecule has 4 atom stereocenters. The zero-order chi connectivity index (χ0) is 27.6. The van der Waals surface area contributed by atoms with Gasteiger partial charge < -0.3 is 13.7 Å². The van der Waals surface area contributed by atoms with Crippen LogP contribution in [-0.4, -0.2) is 26.6 Å². The summed E-state index contributed by atoms with van der Waals surface area (Å²) in [4.78, 5) is 0. The fourth-order valence-corrected chi connectivity index (χ4v) is 6.94. The van der Waals surface area contributed by atoms with Crippen molar-refractivity contribution >= 4 is 10.1 Å². The van der Waals surface area contributed by atoms with Crippen LogP contribution in [0, 0.1) is 16.7 Å². The molecule has 1 saturated carbocycles. The highest BCUT2D eigenvalue weighted by molar-refractivity contribution is 7.87. The minimum absolute atomic E-state index is 0.0816. The monoisotopic (exact) mass is 552 g/mol. The number of alkyl halides is 3. The van der Waals surface area contributed by atoms with Crippen molar-refractivity contribution in [2.75, 3.05) is 6.61 Å². The van der Waals surface area contributed by atoms with Crippen molar-refractivity contribution in [2.24, 2.45) is 16.7 Å². The van der Waals surface area contributed by atoms with E-state index in [0.717, 1.165) is 11.1 Å². The topological polar surface area (TPSA) is 61.8 Å². The number of fused-ring (bicyclic) bond motifs is 1. The van der Waals surface area contributed by atoms with Crippen molar-refractivity contribution in [3.05, 3.63) is 83.1 Å². The molecule has 0 spiro atoms. The second kappa shape index (κ2) is 11.0. The Kier molecular flexibility index (Phi) is 8.31. The van der Waals surface area contributed by atoms with Gasteiger partial charge in [-0.3, -0.25) is 0 Å². The summed E-state index contributed by atoms with van der Waals surface area (Å²) in [7, 11) is -5.79. The number of benzene rings is 2. The zero-order valence-electron chi connectivity index (χ0n) is 22.0. The van der Waals surface area contributed by atoms with Crippen molar-refractivity contribution in [1.82, 2.24) is 0 Å². The van der Waals surface area contributed by atoms with Crippen LogP contribution in [0.25, 0.3) is 0 Å². The van der Waals surface area contributed by atoms with Gasteiger partial charge in [-0.05, 0) is 55.2 Å². The summed E-state index contributed by atoms with van der Waals surface area (Å²) in [5.41, 5.74) is -4.45. The smallest absolute Gasteiger partial charge is 0.380 e. The van der Waals surface area contributed by atoms with E-state index in [1.54, 1.807) is 6.92 Å². The van der Waals surface area contributed by atoms with Gasteiger partial charge in [0.05, 0.1) is 25.9 Å². The van der Waals surface area contributed by atoms with Crippen molar-refractivity contribution in [3.63, 3.8) is 0 Å². The number of hydrogen-bond donors (Lipinski definition) is 0. The first-order valence-corrected chi connectivity index (χ1v) is 14.3. The third-order valence-corrected chi connectivity index (χ3v) is 9.19. The van der Waals surface area contributed by atoms with E-state index >= 15 is 0 Å². The molecule has 0 radical (unpaired) electrons. The van der Waals surface area contributed by atoms with Crippen molar-refractivity contribution in [2.45, 2.75) is 71.3 Å². The summed E-state index contributed by atoms with van der Waals surface area (Å²) in [6.45, 7) is 6.61. The molecule has 0 bridgehead atoms. The molecule has 0 N–H and O–H groups in total. The zero-order valence-corrected chi connectivity index (χ0v) is 22.8. The van der Waals surface area contributed by atoms with Crippen LogP contribution in [0.15, 0.2) is 72.0 Å². The Hall–Kier alpha value is -2.36. The van der Waals surface area contributed by atoms with Gasteiger partial charge in [0.15, 0.2) is 0 Å². The van der Waals surface area contributed by atoms with Gasteiger partial charge in [-0.1, -0.05) is 74.5 Å². The Morgan fingerprint density at radius 3 is 2.08 bits per heavy atom. The lowest BCUT2D eigenvalue weighted by atomic mass is 9.50. The predicted octanol–water partition coefficient (Wildman–Crippen LogP) is 7.15. The molecule has 0 aromatic heterocycles. The van der Waals surface area contributed by atoms with Crippen LogP contribution >= 0.6 is 0 Å². The molecule has 2 aliphatic carbocycles. The first-order chi connectivity index (χ1) is 17.9.